The predicted octanol–water partition coefficient (Wildman–Crippen LogP) is 4.23. The van der Waals surface area contributed by atoms with Crippen molar-refractivity contribution < 1.29 is 23.6 Å². The minimum atomic E-state index is -0.255. The number of methoxy groups -OCH3 is 2. The standard InChI is InChI=1S/C21H38BNO5/c1-16(2)17(23-26-5)10-15-22-27-18(20(24-3)11-6-7-12-20)19(28-22)21(25-4)13-8-9-14-21/h16,18-19H,6-15H2,1-5H3/b23-17+/t18-,19-/m0/s1. The van der Waals surface area contributed by atoms with Crippen LogP contribution in [0.5, 0.6) is 0 Å². The molecule has 0 aromatic carbocycles. The minimum absolute atomic E-state index is 0.0788. The summed E-state index contributed by atoms with van der Waals surface area (Å²) < 4.78 is 25.4. The molecule has 160 valence electrons. The van der Waals surface area contributed by atoms with E-state index in [1.807, 2.05) is 14.2 Å². The Bertz CT molecular complexity index is 497. The van der Waals surface area contributed by atoms with Crippen molar-refractivity contribution >= 4 is 12.8 Å². The van der Waals surface area contributed by atoms with E-state index < -0.39 is 0 Å². The smallest absolute Gasteiger partial charge is 0.403 e. The zero-order chi connectivity index (χ0) is 20.2. The number of oxime groups is 1. The molecule has 7 heteroatoms. The zero-order valence-electron chi connectivity index (χ0n) is 18.4. The summed E-state index contributed by atoms with van der Waals surface area (Å²) >= 11 is 0. The molecule has 2 saturated carbocycles. The molecule has 0 unspecified atom stereocenters. The average Bonchev–Trinajstić information content (AvgIpc) is 3.44. The Morgan fingerprint density at radius 1 is 0.929 bits per heavy atom. The fourth-order valence-electron chi connectivity index (χ4n) is 5.42. The molecule has 3 rings (SSSR count). The van der Waals surface area contributed by atoms with Crippen LogP contribution in [-0.4, -0.2) is 57.6 Å². The lowest BCUT2D eigenvalue weighted by atomic mass is 9.80. The van der Waals surface area contributed by atoms with Crippen LogP contribution in [0.1, 0.15) is 71.6 Å². The van der Waals surface area contributed by atoms with Gasteiger partial charge in [0.15, 0.2) is 0 Å². The van der Waals surface area contributed by atoms with Gasteiger partial charge >= 0.3 is 7.12 Å². The van der Waals surface area contributed by atoms with E-state index >= 15 is 0 Å². The predicted molar refractivity (Wildman–Crippen MR) is 111 cm³/mol. The molecule has 0 radical (unpaired) electrons. The maximum Gasteiger partial charge on any atom is 0.458 e. The van der Waals surface area contributed by atoms with Crippen molar-refractivity contribution in [1.82, 2.24) is 0 Å². The Labute approximate surface area is 170 Å². The van der Waals surface area contributed by atoms with Crippen LogP contribution in [0.3, 0.4) is 0 Å². The molecule has 0 amide bonds. The molecule has 1 aliphatic heterocycles. The lowest BCUT2D eigenvalue weighted by molar-refractivity contribution is -0.153. The Hall–Kier alpha value is -0.625. The number of rotatable bonds is 9. The van der Waals surface area contributed by atoms with Gasteiger partial charge in [-0.2, -0.15) is 0 Å². The summed E-state index contributed by atoms with van der Waals surface area (Å²) in [6, 6.07) is 0. The van der Waals surface area contributed by atoms with Gasteiger partial charge in [0, 0.05) is 14.2 Å². The molecule has 1 heterocycles. The lowest BCUT2D eigenvalue weighted by Crippen LogP contribution is -2.56. The maximum atomic E-state index is 6.58. The summed E-state index contributed by atoms with van der Waals surface area (Å²) in [6.07, 6.45) is 10.3. The van der Waals surface area contributed by atoms with E-state index in [-0.39, 0.29) is 30.5 Å². The van der Waals surface area contributed by atoms with Crippen molar-refractivity contribution in [3.8, 4) is 0 Å². The highest BCUT2D eigenvalue weighted by atomic mass is 16.7. The second-order valence-corrected chi connectivity index (χ2v) is 8.95. The Morgan fingerprint density at radius 2 is 1.39 bits per heavy atom. The van der Waals surface area contributed by atoms with Crippen molar-refractivity contribution in [2.24, 2.45) is 11.1 Å². The Morgan fingerprint density at radius 3 is 1.75 bits per heavy atom. The number of hydrogen-bond donors (Lipinski definition) is 0. The zero-order valence-corrected chi connectivity index (χ0v) is 18.4. The largest absolute Gasteiger partial charge is 0.458 e. The third kappa shape index (κ3) is 4.28. The van der Waals surface area contributed by atoms with E-state index in [0.29, 0.717) is 5.92 Å². The van der Waals surface area contributed by atoms with Crippen molar-refractivity contribution in [3.05, 3.63) is 0 Å². The van der Waals surface area contributed by atoms with E-state index in [1.165, 1.54) is 25.7 Å². The molecule has 1 saturated heterocycles. The monoisotopic (exact) mass is 395 g/mol. The molecule has 0 aromatic heterocycles. The van der Waals surface area contributed by atoms with E-state index in [0.717, 1.165) is 44.1 Å². The molecule has 0 N–H and O–H groups in total. The van der Waals surface area contributed by atoms with Crippen LogP contribution in [0, 0.1) is 5.92 Å². The van der Waals surface area contributed by atoms with E-state index in [9.17, 15) is 0 Å². The summed E-state index contributed by atoms with van der Waals surface area (Å²) in [5, 5.41) is 4.19. The van der Waals surface area contributed by atoms with Crippen LogP contribution in [-0.2, 0) is 23.6 Å². The third-order valence-electron chi connectivity index (χ3n) is 7.13. The molecule has 0 aromatic rings. The summed E-state index contributed by atoms with van der Waals surface area (Å²) in [4.78, 5) is 5.02. The fraction of sp³-hybridized carbons (Fsp3) is 0.952. The van der Waals surface area contributed by atoms with Gasteiger partial charge < -0.3 is 23.6 Å². The molecule has 3 fully saturated rings. The highest BCUT2D eigenvalue weighted by Gasteiger charge is 2.59. The first-order valence-electron chi connectivity index (χ1n) is 11.0. The van der Waals surface area contributed by atoms with E-state index in [2.05, 4.69) is 19.0 Å². The van der Waals surface area contributed by atoms with Crippen LogP contribution in [0.15, 0.2) is 5.16 Å². The third-order valence-corrected chi connectivity index (χ3v) is 7.13. The van der Waals surface area contributed by atoms with Gasteiger partial charge in [0.25, 0.3) is 0 Å². The van der Waals surface area contributed by atoms with Gasteiger partial charge in [0.05, 0.1) is 29.1 Å². The van der Waals surface area contributed by atoms with Gasteiger partial charge in [-0.15, -0.1) is 0 Å². The molecule has 2 aliphatic carbocycles. The van der Waals surface area contributed by atoms with Gasteiger partial charge in [-0.3, -0.25) is 0 Å². The second kappa shape index (κ2) is 9.46. The van der Waals surface area contributed by atoms with Crippen molar-refractivity contribution in [2.45, 2.75) is 101 Å². The summed E-state index contributed by atoms with van der Waals surface area (Å²) in [6.45, 7) is 4.27. The van der Waals surface area contributed by atoms with Crippen LogP contribution < -0.4 is 0 Å². The first-order chi connectivity index (χ1) is 13.5. The SMILES string of the molecule is CO/N=C(\CCB1O[C@H](C2(OC)CCCC2)[C@@H](C2(OC)CCCC2)O1)C(C)C. The number of nitrogens with zero attached hydrogens (tertiary/aromatic N) is 1. The Kier molecular flexibility index (Phi) is 7.45. The highest BCUT2D eigenvalue weighted by Crippen LogP contribution is 2.48. The van der Waals surface area contributed by atoms with Crippen molar-refractivity contribution in [3.63, 3.8) is 0 Å². The number of ether oxygens (including phenoxy) is 2. The first-order valence-corrected chi connectivity index (χ1v) is 11.0. The molecule has 0 spiro atoms. The molecular weight excluding hydrogens is 357 g/mol. The summed E-state index contributed by atoms with van der Waals surface area (Å²) in [7, 11) is 5.00. The Balaban J connectivity index is 1.78. The quantitative estimate of drug-likeness (QED) is 0.332. The minimum Gasteiger partial charge on any atom is -0.403 e. The normalized spacial score (nSPS) is 29.8. The van der Waals surface area contributed by atoms with Crippen molar-refractivity contribution in [2.75, 3.05) is 21.3 Å². The molecular formula is C21H38BNO5. The lowest BCUT2D eigenvalue weighted by Gasteiger charge is -2.43. The van der Waals surface area contributed by atoms with Gasteiger partial charge in [-0.1, -0.05) is 44.7 Å². The van der Waals surface area contributed by atoms with Gasteiger partial charge in [-0.25, -0.2) is 0 Å². The van der Waals surface area contributed by atoms with Crippen LogP contribution >= 0.6 is 0 Å². The molecule has 3 aliphatic rings. The molecule has 28 heavy (non-hydrogen) atoms. The van der Waals surface area contributed by atoms with Gasteiger partial charge in [0.2, 0.25) is 0 Å². The molecule has 2 atom stereocenters. The van der Waals surface area contributed by atoms with Gasteiger partial charge in [0.1, 0.15) is 7.11 Å². The van der Waals surface area contributed by atoms with Crippen LogP contribution in [0.2, 0.25) is 6.32 Å². The highest BCUT2D eigenvalue weighted by molar-refractivity contribution is 6.45. The van der Waals surface area contributed by atoms with Crippen molar-refractivity contribution in [1.29, 1.82) is 0 Å². The topological polar surface area (TPSA) is 58.5 Å². The summed E-state index contributed by atoms with van der Waals surface area (Å²) in [5.41, 5.74) is 0.531. The molecule has 0 bridgehead atoms. The van der Waals surface area contributed by atoms with Crippen LogP contribution in [0.4, 0.5) is 0 Å². The molecule has 6 nitrogen and oxygen atoms in total. The van der Waals surface area contributed by atoms with Gasteiger partial charge in [-0.05, 0) is 44.3 Å². The first kappa shape index (κ1) is 22.1. The van der Waals surface area contributed by atoms with E-state index in [4.69, 9.17) is 23.6 Å². The van der Waals surface area contributed by atoms with Crippen LogP contribution in [0.25, 0.3) is 0 Å². The van der Waals surface area contributed by atoms with E-state index in [1.54, 1.807) is 7.11 Å². The number of hydrogen-bond acceptors (Lipinski definition) is 6. The second-order valence-electron chi connectivity index (χ2n) is 8.95. The summed E-state index contributed by atoms with van der Waals surface area (Å²) in [5.74, 6) is 0.341. The average molecular weight is 395 g/mol. The maximum absolute atomic E-state index is 6.58. The fourth-order valence-corrected chi connectivity index (χ4v) is 5.42.